The van der Waals surface area contributed by atoms with Gasteiger partial charge < -0.3 is 10.2 Å². The Morgan fingerprint density at radius 3 is 1.82 bits per heavy atom. The van der Waals surface area contributed by atoms with Crippen LogP contribution in [0.2, 0.25) is 0 Å². The van der Waals surface area contributed by atoms with Crippen LogP contribution in [0, 0.1) is 0 Å². The van der Waals surface area contributed by atoms with Gasteiger partial charge in [-0.15, -0.1) is 0 Å². The van der Waals surface area contributed by atoms with Crippen LogP contribution in [-0.2, 0) is 19.5 Å². The van der Waals surface area contributed by atoms with Gasteiger partial charge >= 0.3 is 0 Å². The molecule has 0 fully saturated rings. The Morgan fingerprint density at radius 2 is 1.73 bits per heavy atom. The van der Waals surface area contributed by atoms with E-state index in [0.29, 0.717) is 0 Å². The monoisotopic (exact) mass is 246 g/mol. The summed E-state index contributed by atoms with van der Waals surface area (Å²) in [6.45, 7) is 5.90. The second kappa shape index (κ2) is 4.71. The zero-order valence-electron chi connectivity index (χ0n) is 7.64. The van der Waals surface area contributed by atoms with Crippen LogP contribution in [0.5, 0.6) is 0 Å². The predicted molar refractivity (Wildman–Crippen MR) is 42.2 cm³/mol. The van der Waals surface area contributed by atoms with Crippen molar-refractivity contribution in [3.63, 3.8) is 0 Å². The van der Waals surface area contributed by atoms with Gasteiger partial charge in [0.2, 0.25) is 0 Å². The van der Waals surface area contributed by atoms with Gasteiger partial charge in [0.1, 0.15) is 0 Å². The summed E-state index contributed by atoms with van der Waals surface area (Å²) in [5, 5.41) is 3.54. The molecule has 0 unspecified atom stereocenters. The van der Waals surface area contributed by atoms with Crippen molar-refractivity contribution < 1.29 is 24.3 Å². The van der Waals surface area contributed by atoms with E-state index >= 15 is 0 Å². The molecule has 0 bridgehead atoms. The van der Waals surface area contributed by atoms with E-state index in [9.17, 15) is 4.79 Å². The van der Waals surface area contributed by atoms with Crippen LogP contribution < -0.4 is 0 Å². The number of carbonyl (C=O) groups is 1. The van der Waals surface area contributed by atoms with E-state index < -0.39 is 0 Å². The predicted octanol–water partition coefficient (Wildman–Crippen LogP) is 1.84. The van der Waals surface area contributed by atoms with Crippen LogP contribution in [0.25, 0.3) is 5.32 Å². The summed E-state index contributed by atoms with van der Waals surface area (Å²) >= 11 is 0. The fourth-order valence-corrected chi connectivity index (χ4v) is 0.437. The maximum atomic E-state index is 10.9. The largest absolute Gasteiger partial charge is 0.434 e. The minimum atomic E-state index is -0.174. The summed E-state index contributed by atoms with van der Waals surface area (Å²) in [5.41, 5.74) is -0.128. The Hall–Kier alpha value is -0.107. The van der Waals surface area contributed by atoms with E-state index in [-0.39, 0.29) is 31.0 Å². The number of hydrogen-bond acceptors (Lipinski definition) is 1. The van der Waals surface area contributed by atoms with Crippen molar-refractivity contribution in [3.05, 3.63) is 5.32 Å². The second-order valence-electron chi connectivity index (χ2n) is 3.24. The number of amides is 2. The van der Waals surface area contributed by atoms with Gasteiger partial charge in [0.25, 0.3) is 0 Å². The molecule has 0 aliphatic rings. The fraction of sp³-hybridized carbons (Fsp3) is 0.857. The molecule has 11 heavy (non-hydrogen) atoms. The molecule has 0 saturated heterocycles. The Bertz CT molecular complexity index is 131. The van der Waals surface area contributed by atoms with Crippen molar-refractivity contribution in [1.29, 1.82) is 0 Å². The molecular weight excluding hydrogens is 231 g/mol. The fourth-order valence-electron chi connectivity index (χ4n) is 0.437. The Morgan fingerprint density at radius 1 is 1.36 bits per heavy atom. The molecule has 0 aromatic carbocycles. The molecule has 0 N–H and O–H groups in total. The maximum absolute atomic E-state index is 10.9. The first kappa shape index (κ1) is 13.5. The number of urea groups is 1. The molecule has 0 rings (SSSR count). The Labute approximate surface area is 81.3 Å². The van der Waals surface area contributed by atoms with E-state index in [1.54, 1.807) is 11.9 Å². The second-order valence-corrected chi connectivity index (χ2v) is 3.24. The van der Waals surface area contributed by atoms with E-state index in [2.05, 4.69) is 5.32 Å². The van der Waals surface area contributed by atoms with Crippen molar-refractivity contribution in [2.24, 2.45) is 0 Å². The first-order valence-electron chi connectivity index (χ1n) is 3.27. The summed E-state index contributed by atoms with van der Waals surface area (Å²) in [5.74, 6) is 0. The van der Waals surface area contributed by atoms with Crippen LogP contribution in [0.1, 0.15) is 20.8 Å². The Balaban J connectivity index is 0. The van der Waals surface area contributed by atoms with Gasteiger partial charge in [-0.05, 0) is 5.54 Å². The molecule has 4 heteroatoms. The Kier molecular flexibility index (Phi) is 5.77. The molecule has 69 valence electrons. The molecule has 0 atom stereocenters. The number of nitrogens with zero attached hydrogens (tertiary/aromatic N) is 2. The molecule has 0 aliphatic carbocycles. The van der Waals surface area contributed by atoms with Gasteiger partial charge in [-0.1, -0.05) is 34.9 Å². The van der Waals surface area contributed by atoms with E-state index in [4.69, 9.17) is 0 Å². The minimum Gasteiger partial charge on any atom is -0.434 e. The summed E-state index contributed by atoms with van der Waals surface area (Å²) in [6, 6.07) is -0.174. The first-order chi connectivity index (χ1) is 4.39. The van der Waals surface area contributed by atoms with Gasteiger partial charge in [-0.25, -0.2) is 0 Å². The molecule has 0 aromatic rings. The molecule has 0 aromatic heterocycles. The van der Waals surface area contributed by atoms with Crippen LogP contribution in [0.3, 0.4) is 0 Å². The molecule has 0 saturated carbocycles. The normalized spacial score (nSPS) is 9.91. The zero-order valence-corrected chi connectivity index (χ0v) is 9.27. The number of carbonyl (C=O) groups excluding carboxylic acids is 1. The van der Waals surface area contributed by atoms with Crippen LogP contribution in [0.4, 0.5) is 4.79 Å². The smallest absolute Gasteiger partial charge is 0.155 e. The topological polar surface area (TPSA) is 34.4 Å². The van der Waals surface area contributed by atoms with E-state index in [1.165, 1.54) is 7.05 Å². The third-order valence-corrected chi connectivity index (χ3v) is 1.48. The average molecular weight is 246 g/mol. The summed E-state index contributed by atoms with van der Waals surface area (Å²) < 4.78 is 0. The van der Waals surface area contributed by atoms with Gasteiger partial charge in [-0.2, -0.15) is 0 Å². The molecular formula is C7H15N2ORh-. The van der Waals surface area contributed by atoms with Gasteiger partial charge in [0.05, 0.1) is 0 Å². The summed E-state index contributed by atoms with van der Waals surface area (Å²) in [6.07, 6.45) is 0. The van der Waals surface area contributed by atoms with Crippen LogP contribution >= 0.6 is 0 Å². The van der Waals surface area contributed by atoms with Crippen molar-refractivity contribution in [2.75, 3.05) is 14.1 Å². The van der Waals surface area contributed by atoms with Crippen LogP contribution in [0.15, 0.2) is 0 Å². The number of hydrogen-bond donors (Lipinski definition) is 0. The SMILES string of the molecule is C[N-]C(=O)N(C)C(C)(C)C.[Rh]. The molecule has 0 spiro atoms. The third kappa shape index (κ3) is 4.36. The van der Waals surface area contributed by atoms with Crippen molar-refractivity contribution in [3.8, 4) is 0 Å². The van der Waals surface area contributed by atoms with Gasteiger partial charge in [0.15, 0.2) is 6.03 Å². The minimum absolute atomic E-state index is 0. The van der Waals surface area contributed by atoms with Gasteiger partial charge in [-0.3, -0.25) is 4.79 Å². The standard InChI is InChI=1S/C7H16N2O.Rh/c1-7(2,3)9(5)6(10)8-4;/h1-5H3,(H,8,10);/p-1. The molecule has 0 heterocycles. The maximum Gasteiger partial charge on any atom is 0.155 e. The molecule has 0 aliphatic heterocycles. The molecule has 2 amide bonds. The zero-order chi connectivity index (χ0) is 8.36. The number of rotatable bonds is 0. The molecule has 1 radical (unpaired) electrons. The quantitative estimate of drug-likeness (QED) is 0.600. The first-order valence-corrected chi connectivity index (χ1v) is 3.27. The van der Waals surface area contributed by atoms with Crippen molar-refractivity contribution in [1.82, 2.24) is 4.90 Å². The van der Waals surface area contributed by atoms with E-state index in [1.807, 2.05) is 20.8 Å². The average Bonchev–Trinajstić information content (AvgIpc) is 1.83. The molecule has 3 nitrogen and oxygen atoms in total. The van der Waals surface area contributed by atoms with Crippen LogP contribution in [-0.4, -0.2) is 30.6 Å². The third-order valence-electron chi connectivity index (χ3n) is 1.48. The van der Waals surface area contributed by atoms with Gasteiger partial charge in [0, 0.05) is 19.5 Å². The van der Waals surface area contributed by atoms with E-state index in [0.717, 1.165) is 0 Å². The summed E-state index contributed by atoms with van der Waals surface area (Å²) in [7, 11) is 3.25. The van der Waals surface area contributed by atoms with Crippen molar-refractivity contribution >= 4 is 6.03 Å². The van der Waals surface area contributed by atoms with Crippen molar-refractivity contribution in [2.45, 2.75) is 26.3 Å². The summed E-state index contributed by atoms with van der Waals surface area (Å²) in [4.78, 5) is 12.5.